The fourth-order valence-electron chi connectivity index (χ4n) is 2.62. The third kappa shape index (κ3) is 5.58. The molecule has 11 heteroatoms. The third-order valence-electron chi connectivity index (χ3n) is 4.19. The van der Waals surface area contributed by atoms with Crippen LogP contribution in [0.5, 0.6) is 0 Å². The number of carbonyl (C=O) groups is 1. The highest BCUT2D eigenvalue weighted by Crippen LogP contribution is 2.28. The largest absolute Gasteiger partial charge is 0.300 e. The van der Waals surface area contributed by atoms with Crippen molar-refractivity contribution in [2.45, 2.75) is 43.9 Å². The van der Waals surface area contributed by atoms with E-state index in [1.54, 1.807) is 23.6 Å². The van der Waals surface area contributed by atoms with Crippen molar-refractivity contribution < 1.29 is 13.2 Å². The molecular formula is C18H21N5O3S3. The van der Waals surface area contributed by atoms with Crippen LogP contribution in [0.15, 0.2) is 40.6 Å². The van der Waals surface area contributed by atoms with Crippen molar-refractivity contribution in [3.63, 3.8) is 0 Å². The molecular weight excluding hydrogens is 430 g/mol. The minimum atomic E-state index is -3.71. The predicted octanol–water partition coefficient (Wildman–Crippen LogP) is 3.88. The smallest absolute Gasteiger partial charge is 0.263 e. The molecule has 2 aromatic heterocycles. The molecule has 0 radical (unpaired) electrons. The number of amides is 1. The van der Waals surface area contributed by atoms with E-state index < -0.39 is 10.0 Å². The van der Waals surface area contributed by atoms with E-state index in [4.69, 9.17) is 0 Å². The Hall–Kier alpha value is -2.37. The third-order valence-corrected chi connectivity index (χ3v) is 7.48. The lowest BCUT2D eigenvalue weighted by atomic mass is 10.1. The predicted molar refractivity (Wildman–Crippen MR) is 115 cm³/mol. The van der Waals surface area contributed by atoms with E-state index >= 15 is 0 Å². The fourth-order valence-corrected chi connectivity index (χ4v) is 5.63. The zero-order valence-electron chi connectivity index (χ0n) is 16.0. The van der Waals surface area contributed by atoms with Gasteiger partial charge < -0.3 is 5.32 Å². The van der Waals surface area contributed by atoms with Crippen LogP contribution in [0, 0.1) is 0 Å². The van der Waals surface area contributed by atoms with E-state index in [-0.39, 0.29) is 22.4 Å². The minimum Gasteiger partial charge on any atom is -0.300 e. The standard InChI is InChI=1S/C18H21N5O3S3/c1-3-12(4-2)16-21-22-17(28-16)20-15(24)10-13-11-27-18(19-13)23-29(25,26)14-8-6-5-7-9-14/h5-9,11-12H,3-4,10H2,1-2H3,(H,19,23)(H,20,22,24). The number of anilines is 2. The van der Waals surface area contributed by atoms with Gasteiger partial charge in [-0.2, -0.15) is 0 Å². The van der Waals surface area contributed by atoms with Crippen LogP contribution in [0.1, 0.15) is 43.3 Å². The Morgan fingerprint density at radius 1 is 1.10 bits per heavy atom. The molecule has 3 rings (SSSR count). The molecule has 0 aliphatic carbocycles. The molecule has 0 fully saturated rings. The van der Waals surface area contributed by atoms with E-state index in [0.717, 1.165) is 29.2 Å². The molecule has 154 valence electrons. The number of rotatable bonds is 9. The summed E-state index contributed by atoms with van der Waals surface area (Å²) in [4.78, 5) is 16.6. The molecule has 0 saturated carbocycles. The van der Waals surface area contributed by atoms with E-state index in [0.29, 0.717) is 16.7 Å². The van der Waals surface area contributed by atoms with Gasteiger partial charge in [-0.15, -0.1) is 21.5 Å². The van der Waals surface area contributed by atoms with Crippen molar-refractivity contribution in [2.75, 3.05) is 10.0 Å². The van der Waals surface area contributed by atoms with Crippen molar-refractivity contribution in [2.24, 2.45) is 0 Å². The minimum absolute atomic E-state index is 0.0173. The summed E-state index contributed by atoms with van der Waals surface area (Å²) in [5.41, 5.74) is 0.475. The number of benzene rings is 1. The van der Waals surface area contributed by atoms with Gasteiger partial charge in [0.1, 0.15) is 5.01 Å². The first kappa shape index (κ1) is 21.3. The maximum Gasteiger partial charge on any atom is 0.263 e. The number of hydrogen-bond donors (Lipinski definition) is 2. The van der Waals surface area contributed by atoms with Crippen molar-refractivity contribution in [1.82, 2.24) is 15.2 Å². The average Bonchev–Trinajstić information content (AvgIpc) is 3.33. The Kier molecular flexibility index (Phi) is 6.93. The van der Waals surface area contributed by atoms with Crippen LogP contribution >= 0.6 is 22.7 Å². The molecule has 2 heterocycles. The van der Waals surface area contributed by atoms with Gasteiger partial charge in [-0.05, 0) is 25.0 Å². The van der Waals surface area contributed by atoms with Crippen LogP contribution in [0.2, 0.25) is 0 Å². The second-order valence-corrected chi connectivity index (χ2v) is 9.80. The van der Waals surface area contributed by atoms with Gasteiger partial charge in [-0.3, -0.25) is 9.52 Å². The maximum absolute atomic E-state index is 12.3. The van der Waals surface area contributed by atoms with Crippen LogP contribution in [0.25, 0.3) is 0 Å². The Balaban J connectivity index is 1.59. The van der Waals surface area contributed by atoms with Gasteiger partial charge in [0.2, 0.25) is 11.0 Å². The molecule has 0 spiro atoms. The highest BCUT2D eigenvalue weighted by Gasteiger charge is 2.18. The van der Waals surface area contributed by atoms with Gasteiger partial charge in [0.25, 0.3) is 10.0 Å². The summed E-state index contributed by atoms with van der Waals surface area (Å²) >= 11 is 2.50. The monoisotopic (exact) mass is 451 g/mol. The van der Waals surface area contributed by atoms with Crippen LogP contribution in [-0.4, -0.2) is 29.5 Å². The molecule has 0 aliphatic rings. The first-order valence-electron chi connectivity index (χ1n) is 9.06. The van der Waals surface area contributed by atoms with Gasteiger partial charge in [-0.25, -0.2) is 13.4 Å². The Labute approximate surface area is 177 Å². The molecule has 0 bridgehead atoms. The molecule has 3 aromatic rings. The van der Waals surface area contributed by atoms with E-state index in [1.165, 1.54) is 23.5 Å². The lowest BCUT2D eigenvalue weighted by Crippen LogP contribution is -2.15. The molecule has 0 aliphatic heterocycles. The van der Waals surface area contributed by atoms with Gasteiger partial charge in [0, 0.05) is 11.3 Å². The van der Waals surface area contributed by atoms with E-state index in [9.17, 15) is 13.2 Å². The van der Waals surface area contributed by atoms with Gasteiger partial charge >= 0.3 is 0 Å². The zero-order chi connectivity index (χ0) is 20.9. The second kappa shape index (κ2) is 9.42. The van der Waals surface area contributed by atoms with E-state index in [2.05, 4.69) is 39.1 Å². The molecule has 1 amide bonds. The highest BCUT2D eigenvalue weighted by atomic mass is 32.2. The van der Waals surface area contributed by atoms with Crippen LogP contribution in [-0.2, 0) is 21.2 Å². The van der Waals surface area contributed by atoms with Crippen molar-refractivity contribution >= 4 is 48.9 Å². The van der Waals surface area contributed by atoms with Gasteiger partial charge in [-0.1, -0.05) is 43.4 Å². The van der Waals surface area contributed by atoms with Crippen LogP contribution < -0.4 is 10.0 Å². The zero-order valence-corrected chi connectivity index (χ0v) is 18.4. The highest BCUT2D eigenvalue weighted by molar-refractivity contribution is 7.93. The first-order chi connectivity index (χ1) is 13.9. The van der Waals surface area contributed by atoms with Crippen molar-refractivity contribution in [3.8, 4) is 0 Å². The van der Waals surface area contributed by atoms with Crippen LogP contribution in [0.3, 0.4) is 0 Å². The van der Waals surface area contributed by atoms with Gasteiger partial charge in [0.05, 0.1) is 17.0 Å². The number of nitrogens with zero attached hydrogens (tertiary/aromatic N) is 3. The van der Waals surface area contributed by atoms with Crippen LogP contribution in [0.4, 0.5) is 10.3 Å². The average molecular weight is 452 g/mol. The quantitative estimate of drug-likeness (QED) is 0.510. The second-order valence-electron chi connectivity index (χ2n) is 6.25. The Morgan fingerprint density at radius 3 is 2.52 bits per heavy atom. The molecule has 0 saturated heterocycles. The molecule has 8 nitrogen and oxygen atoms in total. The fraction of sp³-hybridized carbons (Fsp3) is 0.333. The summed E-state index contributed by atoms with van der Waals surface area (Å²) in [6, 6.07) is 8.04. The molecule has 0 unspecified atom stereocenters. The number of hydrogen-bond acceptors (Lipinski definition) is 8. The Bertz CT molecular complexity index is 1060. The number of nitrogens with one attached hydrogen (secondary N) is 2. The number of thiazole rings is 1. The summed E-state index contributed by atoms with van der Waals surface area (Å²) in [5, 5.41) is 14.1. The summed E-state index contributed by atoms with van der Waals surface area (Å²) in [5.74, 6) is 0.0666. The Morgan fingerprint density at radius 2 is 1.83 bits per heavy atom. The number of aromatic nitrogens is 3. The number of sulfonamides is 1. The normalized spacial score (nSPS) is 11.6. The molecule has 29 heavy (non-hydrogen) atoms. The first-order valence-corrected chi connectivity index (χ1v) is 12.2. The van der Waals surface area contributed by atoms with Crippen molar-refractivity contribution in [3.05, 3.63) is 46.4 Å². The SMILES string of the molecule is CCC(CC)c1nnc(NC(=O)Cc2csc(NS(=O)(=O)c3ccccc3)n2)s1. The topological polar surface area (TPSA) is 114 Å². The number of carbonyl (C=O) groups excluding carboxylic acids is 1. The summed E-state index contributed by atoms with van der Waals surface area (Å²) in [6.45, 7) is 4.19. The van der Waals surface area contributed by atoms with E-state index in [1.807, 2.05) is 0 Å². The summed E-state index contributed by atoms with van der Waals surface area (Å²) in [6.07, 6.45) is 1.96. The lowest BCUT2D eigenvalue weighted by molar-refractivity contribution is -0.115. The molecule has 2 N–H and O–H groups in total. The maximum atomic E-state index is 12.3. The molecule has 1 aromatic carbocycles. The van der Waals surface area contributed by atoms with Gasteiger partial charge in [0.15, 0.2) is 5.13 Å². The lowest BCUT2D eigenvalue weighted by Gasteiger charge is -2.05. The van der Waals surface area contributed by atoms with Crippen molar-refractivity contribution in [1.29, 1.82) is 0 Å². The molecule has 0 atom stereocenters. The summed E-state index contributed by atoms with van der Waals surface area (Å²) < 4.78 is 27.1. The summed E-state index contributed by atoms with van der Waals surface area (Å²) in [7, 11) is -3.71.